The SMILES string of the molecule is CC(Cl)c1noc(-c2cc3sccc3s2)n1. The highest BCUT2D eigenvalue weighted by atomic mass is 35.5. The summed E-state index contributed by atoms with van der Waals surface area (Å²) in [6, 6.07) is 4.16. The van der Waals surface area contributed by atoms with Gasteiger partial charge in [-0.05, 0) is 24.4 Å². The van der Waals surface area contributed by atoms with Gasteiger partial charge >= 0.3 is 0 Å². The molecule has 1 unspecified atom stereocenters. The average molecular weight is 271 g/mol. The predicted molar refractivity (Wildman–Crippen MR) is 67.3 cm³/mol. The van der Waals surface area contributed by atoms with E-state index in [4.69, 9.17) is 16.1 Å². The molecule has 0 spiro atoms. The molecule has 0 fully saturated rings. The zero-order chi connectivity index (χ0) is 11.1. The van der Waals surface area contributed by atoms with Crippen LogP contribution in [-0.4, -0.2) is 10.1 Å². The second kappa shape index (κ2) is 3.84. The number of hydrogen-bond donors (Lipinski definition) is 0. The van der Waals surface area contributed by atoms with Gasteiger partial charge in [0.25, 0.3) is 5.89 Å². The number of hydrogen-bond acceptors (Lipinski definition) is 5. The highest BCUT2D eigenvalue weighted by Gasteiger charge is 2.15. The second-order valence-electron chi connectivity index (χ2n) is 3.33. The van der Waals surface area contributed by atoms with Gasteiger partial charge in [-0.25, -0.2) is 0 Å². The van der Waals surface area contributed by atoms with Crippen molar-refractivity contribution in [1.82, 2.24) is 10.1 Å². The predicted octanol–water partition coefficient (Wildman–Crippen LogP) is 4.31. The van der Waals surface area contributed by atoms with Crippen molar-refractivity contribution in [1.29, 1.82) is 0 Å². The van der Waals surface area contributed by atoms with Gasteiger partial charge in [0.05, 0.1) is 10.3 Å². The van der Waals surface area contributed by atoms with Crippen LogP contribution in [0.4, 0.5) is 0 Å². The van der Waals surface area contributed by atoms with Crippen LogP contribution in [0.2, 0.25) is 0 Å². The van der Waals surface area contributed by atoms with Crippen LogP contribution >= 0.6 is 34.3 Å². The second-order valence-corrected chi connectivity index (χ2v) is 6.02. The molecule has 3 rings (SSSR count). The molecule has 0 amide bonds. The Hall–Kier alpha value is -0.910. The quantitative estimate of drug-likeness (QED) is 0.651. The number of rotatable bonds is 2. The van der Waals surface area contributed by atoms with Crippen LogP contribution in [-0.2, 0) is 0 Å². The fourth-order valence-corrected chi connectivity index (χ4v) is 3.49. The first-order valence-corrected chi connectivity index (χ1v) is 6.82. The summed E-state index contributed by atoms with van der Waals surface area (Å²) >= 11 is 9.25. The molecular formula is C10H7ClN2OS2. The Morgan fingerprint density at radius 2 is 2.31 bits per heavy atom. The van der Waals surface area contributed by atoms with Gasteiger partial charge in [-0.2, -0.15) is 4.98 Å². The van der Waals surface area contributed by atoms with Gasteiger partial charge in [-0.15, -0.1) is 34.3 Å². The molecule has 3 aromatic heterocycles. The van der Waals surface area contributed by atoms with Gasteiger partial charge in [0.15, 0.2) is 5.82 Å². The van der Waals surface area contributed by atoms with Gasteiger partial charge < -0.3 is 4.52 Å². The Kier molecular flexibility index (Phi) is 2.46. The van der Waals surface area contributed by atoms with Gasteiger partial charge in [0.2, 0.25) is 0 Å². The summed E-state index contributed by atoms with van der Waals surface area (Å²) in [5.74, 6) is 1.09. The lowest BCUT2D eigenvalue weighted by Gasteiger charge is -1.89. The van der Waals surface area contributed by atoms with Crippen LogP contribution in [0.25, 0.3) is 20.2 Å². The Balaban J connectivity index is 2.05. The molecule has 3 heterocycles. The van der Waals surface area contributed by atoms with Gasteiger partial charge in [-0.1, -0.05) is 5.16 Å². The van der Waals surface area contributed by atoms with E-state index in [9.17, 15) is 0 Å². The molecule has 3 nitrogen and oxygen atoms in total. The van der Waals surface area contributed by atoms with Crippen molar-refractivity contribution in [3.8, 4) is 10.8 Å². The summed E-state index contributed by atoms with van der Waals surface area (Å²) in [5, 5.41) is 5.69. The van der Waals surface area contributed by atoms with E-state index in [1.54, 1.807) is 22.7 Å². The number of thiophene rings is 2. The molecule has 0 aromatic carbocycles. The van der Waals surface area contributed by atoms with Crippen LogP contribution in [0, 0.1) is 0 Å². The smallest absolute Gasteiger partial charge is 0.268 e. The van der Waals surface area contributed by atoms with Crippen molar-refractivity contribution < 1.29 is 4.52 Å². The van der Waals surface area contributed by atoms with Crippen LogP contribution < -0.4 is 0 Å². The minimum atomic E-state index is -0.224. The molecule has 0 bridgehead atoms. The third kappa shape index (κ3) is 1.65. The Labute approximate surface area is 105 Å². The molecule has 0 radical (unpaired) electrons. The molecule has 16 heavy (non-hydrogen) atoms. The van der Waals surface area contributed by atoms with Crippen LogP contribution in [0.5, 0.6) is 0 Å². The van der Waals surface area contributed by atoms with Crippen LogP contribution in [0.3, 0.4) is 0 Å². The van der Waals surface area contributed by atoms with E-state index in [1.165, 1.54) is 9.40 Å². The lowest BCUT2D eigenvalue weighted by molar-refractivity contribution is 0.423. The van der Waals surface area contributed by atoms with Crippen molar-refractivity contribution in [2.45, 2.75) is 12.3 Å². The first-order chi connectivity index (χ1) is 7.74. The number of alkyl halides is 1. The Morgan fingerprint density at radius 3 is 3.00 bits per heavy atom. The van der Waals surface area contributed by atoms with Crippen LogP contribution in [0.15, 0.2) is 22.0 Å². The zero-order valence-corrected chi connectivity index (χ0v) is 10.7. The zero-order valence-electron chi connectivity index (χ0n) is 8.31. The van der Waals surface area contributed by atoms with Crippen LogP contribution in [0.1, 0.15) is 18.1 Å². The molecule has 6 heteroatoms. The minimum Gasteiger partial charge on any atom is -0.333 e. The van der Waals surface area contributed by atoms with E-state index in [2.05, 4.69) is 27.7 Å². The van der Waals surface area contributed by atoms with Gasteiger partial charge in [0.1, 0.15) is 0 Å². The van der Waals surface area contributed by atoms with Crippen molar-refractivity contribution in [2.24, 2.45) is 0 Å². The molecule has 0 aliphatic carbocycles. The molecule has 0 aliphatic heterocycles. The monoisotopic (exact) mass is 270 g/mol. The highest BCUT2D eigenvalue weighted by Crippen LogP contribution is 2.35. The maximum absolute atomic E-state index is 5.88. The number of aromatic nitrogens is 2. The molecule has 1 atom stereocenters. The first-order valence-electron chi connectivity index (χ1n) is 4.69. The molecular weight excluding hydrogens is 264 g/mol. The molecule has 0 saturated heterocycles. The van der Waals surface area contributed by atoms with Gasteiger partial charge in [-0.3, -0.25) is 0 Å². The standard InChI is InChI=1S/C10H7ClN2OS2/c1-5(11)9-12-10(14-13-9)8-4-7-6(16-8)2-3-15-7/h2-5H,1H3. The maximum atomic E-state index is 5.88. The average Bonchev–Trinajstić information content (AvgIpc) is 2.91. The van der Waals surface area contributed by atoms with E-state index in [-0.39, 0.29) is 5.38 Å². The number of fused-ring (bicyclic) bond motifs is 1. The summed E-state index contributed by atoms with van der Waals surface area (Å²) in [7, 11) is 0. The van der Waals surface area contributed by atoms with Crippen molar-refractivity contribution >= 4 is 43.7 Å². The number of nitrogens with zero attached hydrogens (tertiary/aromatic N) is 2. The largest absolute Gasteiger partial charge is 0.333 e. The maximum Gasteiger partial charge on any atom is 0.268 e. The van der Waals surface area contributed by atoms with Gasteiger partial charge in [0, 0.05) is 9.40 Å². The summed E-state index contributed by atoms with van der Waals surface area (Å²) in [5.41, 5.74) is 0. The fourth-order valence-electron chi connectivity index (χ4n) is 1.37. The summed E-state index contributed by atoms with van der Waals surface area (Å²) in [4.78, 5) is 5.26. The Bertz CT molecular complexity index is 597. The lowest BCUT2D eigenvalue weighted by Crippen LogP contribution is -1.85. The molecule has 3 aromatic rings. The molecule has 0 aliphatic rings. The van der Waals surface area contributed by atoms with Crippen molar-refractivity contribution in [2.75, 3.05) is 0 Å². The molecule has 82 valence electrons. The lowest BCUT2D eigenvalue weighted by atomic mass is 10.4. The van der Waals surface area contributed by atoms with E-state index < -0.39 is 0 Å². The third-order valence-corrected chi connectivity index (χ3v) is 4.42. The summed E-state index contributed by atoms with van der Waals surface area (Å²) in [6.45, 7) is 1.82. The van der Waals surface area contributed by atoms with E-state index in [1.807, 2.05) is 6.92 Å². The first kappa shape index (κ1) is 10.3. The van der Waals surface area contributed by atoms with E-state index in [0.29, 0.717) is 11.7 Å². The topological polar surface area (TPSA) is 38.9 Å². The van der Waals surface area contributed by atoms with Crippen molar-refractivity contribution in [3.63, 3.8) is 0 Å². The van der Waals surface area contributed by atoms with Crippen molar-refractivity contribution in [3.05, 3.63) is 23.3 Å². The fraction of sp³-hybridized carbons (Fsp3) is 0.200. The molecule has 0 saturated carbocycles. The normalized spacial score (nSPS) is 13.4. The summed E-state index contributed by atoms with van der Waals surface area (Å²) in [6.07, 6.45) is 0. The highest BCUT2D eigenvalue weighted by molar-refractivity contribution is 7.28. The third-order valence-electron chi connectivity index (χ3n) is 2.15. The van der Waals surface area contributed by atoms with E-state index in [0.717, 1.165) is 4.88 Å². The Morgan fingerprint density at radius 1 is 1.44 bits per heavy atom. The summed E-state index contributed by atoms with van der Waals surface area (Å²) < 4.78 is 7.68. The number of halogens is 1. The minimum absolute atomic E-state index is 0.224. The molecule has 0 N–H and O–H groups in total. The van der Waals surface area contributed by atoms with E-state index >= 15 is 0 Å².